The average molecular weight is 377 g/mol. The molecule has 1 aromatic carbocycles. The van der Waals surface area contributed by atoms with E-state index in [1.807, 2.05) is 23.2 Å². The van der Waals surface area contributed by atoms with Crippen molar-refractivity contribution < 1.29 is 4.79 Å². The molecule has 6 heteroatoms. The highest BCUT2D eigenvalue weighted by molar-refractivity contribution is 5.98. The van der Waals surface area contributed by atoms with Crippen LogP contribution < -0.4 is 10.2 Å². The smallest absolute Gasteiger partial charge is 0.270 e. The number of carbonyl (C=O) groups is 1. The van der Waals surface area contributed by atoms with Gasteiger partial charge in [0.1, 0.15) is 5.69 Å². The van der Waals surface area contributed by atoms with Crippen molar-refractivity contribution in [3.05, 3.63) is 53.9 Å². The number of benzene rings is 1. The fourth-order valence-electron chi connectivity index (χ4n) is 3.79. The molecular weight excluding hydrogens is 350 g/mol. The number of carbonyl (C=O) groups excluding carboxylic acids is 1. The molecule has 2 N–H and O–H groups in total. The molecule has 1 amide bonds. The maximum Gasteiger partial charge on any atom is 0.270 e. The third-order valence-corrected chi connectivity index (χ3v) is 5.34. The van der Waals surface area contributed by atoms with E-state index in [4.69, 9.17) is 0 Å². The Kier molecular flexibility index (Phi) is 5.19. The highest BCUT2D eigenvalue weighted by Crippen LogP contribution is 2.24. The first kappa shape index (κ1) is 18.3. The minimum Gasteiger partial charge on any atom is -0.382 e. The van der Waals surface area contributed by atoms with E-state index < -0.39 is 0 Å². The number of rotatable bonds is 5. The van der Waals surface area contributed by atoms with Gasteiger partial charge in [-0.05, 0) is 49.2 Å². The van der Waals surface area contributed by atoms with Crippen LogP contribution in [0.4, 0.5) is 11.5 Å². The molecule has 0 atom stereocenters. The summed E-state index contributed by atoms with van der Waals surface area (Å²) in [5, 5.41) is 4.47. The second-order valence-electron chi connectivity index (χ2n) is 7.14. The highest BCUT2D eigenvalue weighted by Gasteiger charge is 2.25. The molecule has 3 aromatic rings. The van der Waals surface area contributed by atoms with Crippen LogP contribution in [0.5, 0.6) is 0 Å². The van der Waals surface area contributed by atoms with Gasteiger partial charge in [-0.1, -0.05) is 13.0 Å². The normalized spacial score (nSPS) is 14.5. The molecule has 1 aliphatic rings. The molecule has 3 heterocycles. The van der Waals surface area contributed by atoms with E-state index in [2.05, 4.69) is 58.3 Å². The Morgan fingerprint density at radius 1 is 1.14 bits per heavy atom. The summed E-state index contributed by atoms with van der Waals surface area (Å²) in [7, 11) is 0. The second-order valence-corrected chi connectivity index (χ2v) is 7.14. The molecule has 0 radical (unpaired) electrons. The Morgan fingerprint density at radius 3 is 2.71 bits per heavy atom. The summed E-state index contributed by atoms with van der Waals surface area (Å²) >= 11 is 0. The molecule has 1 saturated heterocycles. The molecule has 6 nitrogen and oxygen atoms in total. The highest BCUT2D eigenvalue weighted by atomic mass is 16.2. The van der Waals surface area contributed by atoms with E-state index in [1.54, 1.807) is 0 Å². The minimum atomic E-state index is 0.0711. The van der Waals surface area contributed by atoms with E-state index in [0.29, 0.717) is 18.8 Å². The summed E-state index contributed by atoms with van der Waals surface area (Å²) in [6.07, 6.45) is 2.82. The maximum atomic E-state index is 13.0. The van der Waals surface area contributed by atoms with Gasteiger partial charge in [-0.15, -0.1) is 0 Å². The van der Waals surface area contributed by atoms with Crippen LogP contribution in [-0.2, 0) is 6.42 Å². The minimum absolute atomic E-state index is 0.0711. The van der Waals surface area contributed by atoms with E-state index in [9.17, 15) is 4.79 Å². The van der Waals surface area contributed by atoms with Gasteiger partial charge in [0.05, 0.1) is 5.69 Å². The molecule has 0 unspecified atom stereocenters. The summed E-state index contributed by atoms with van der Waals surface area (Å²) < 4.78 is 0. The number of hydrogen-bond donors (Lipinski definition) is 2. The number of anilines is 2. The van der Waals surface area contributed by atoms with Crippen molar-refractivity contribution in [1.29, 1.82) is 0 Å². The van der Waals surface area contributed by atoms with Crippen LogP contribution in [0.1, 0.15) is 29.9 Å². The number of hydrogen-bond acceptors (Lipinski definition) is 4. The van der Waals surface area contributed by atoms with Crippen LogP contribution in [0.15, 0.2) is 42.6 Å². The first-order valence-electron chi connectivity index (χ1n) is 10.0. The van der Waals surface area contributed by atoms with E-state index in [0.717, 1.165) is 48.5 Å². The number of aryl methyl sites for hydroxylation is 1. The van der Waals surface area contributed by atoms with E-state index >= 15 is 0 Å². The molecular formula is C22H27N5O. The second kappa shape index (κ2) is 7.92. The van der Waals surface area contributed by atoms with Crippen LogP contribution in [0.25, 0.3) is 10.9 Å². The van der Waals surface area contributed by atoms with Gasteiger partial charge in [0.15, 0.2) is 5.82 Å². The fourth-order valence-corrected chi connectivity index (χ4v) is 3.79. The van der Waals surface area contributed by atoms with Crippen molar-refractivity contribution in [2.24, 2.45) is 0 Å². The average Bonchev–Trinajstić information content (AvgIpc) is 3.17. The Morgan fingerprint density at radius 2 is 1.96 bits per heavy atom. The number of amides is 1. The van der Waals surface area contributed by atoms with Crippen molar-refractivity contribution >= 4 is 28.3 Å². The van der Waals surface area contributed by atoms with Gasteiger partial charge < -0.3 is 20.1 Å². The maximum absolute atomic E-state index is 13.0. The van der Waals surface area contributed by atoms with Crippen molar-refractivity contribution in [1.82, 2.24) is 14.9 Å². The molecule has 2 aromatic heterocycles. The molecule has 146 valence electrons. The summed E-state index contributed by atoms with van der Waals surface area (Å²) in [4.78, 5) is 25.0. The number of nitrogens with one attached hydrogen (secondary N) is 2. The van der Waals surface area contributed by atoms with Gasteiger partial charge >= 0.3 is 0 Å². The number of H-pyrrole nitrogens is 1. The van der Waals surface area contributed by atoms with Crippen LogP contribution in [0.3, 0.4) is 0 Å². The standard InChI is InChI=1S/C22H27N5O/c1-3-16-7-8-18-17(14-16)15-20(25-18)22(28)27-12-10-26(11-13-27)21-19(23-4-2)6-5-9-24-21/h5-9,14-15,23,25H,3-4,10-13H2,1-2H3. The number of piperazine rings is 1. The molecule has 1 fully saturated rings. The van der Waals surface area contributed by atoms with Gasteiger partial charge in [-0.2, -0.15) is 0 Å². The number of pyridine rings is 1. The zero-order valence-electron chi connectivity index (χ0n) is 16.5. The molecule has 28 heavy (non-hydrogen) atoms. The topological polar surface area (TPSA) is 64.3 Å². The largest absolute Gasteiger partial charge is 0.382 e. The van der Waals surface area contributed by atoms with E-state index in [1.165, 1.54) is 5.56 Å². The molecule has 1 aliphatic heterocycles. The number of aromatic amines is 1. The lowest BCUT2D eigenvalue weighted by molar-refractivity contribution is 0.0741. The lowest BCUT2D eigenvalue weighted by atomic mass is 10.1. The quantitative estimate of drug-likeness (QED) is 0.714. The third kappa shape index (κ3) is 3.54. The first-order chi connectivity index (χ1) is 13.7. The molecule has 0 aliphatic carbocycles. The van der Waals surface area contributed by atoms with Crippen LogP contribution in [-0.4, -0.2) is 53.5 Å². The zero-order chi connectivity index (χ0) is 19.5. The van der Waals surface area contributed by atoms with Crippen LogP contribution in [0, 0.1) is 0 Å². The number of aromatic nitrogens is 2. The van der Waals surface area contributed by atoms with Gasteiger partial charge in [-0.3, -0.25) is 4.79 Å². The van der Waals surface area contributed by atoms with Gasteiger partial charge in [0.25, 0.3) is 5.91 Å². The summed E-state index contributed by atoms with van der Waals surface area (Å²) in [6, 6.07) is 12.3. The Labute approximate surface area is 165 Å². The number of nitrogens with zero attached hydrogens (tertiary/aromatic N) is 3. The lowest BCUT2D eigenvalue weighted by Gasteiger charge is -2.36. The van der Waals surface area contributed by atoms with Crippen molar-refractivity contribution in [3.63, 3.8) is 0 Å². The summed E-state index contributed by atoms with van der Waals surface area (Å²) in [5.41, 5.74) is 4.02. The Bertz CT molecular complexity index is 972. The molecule has 0 saturated carbocycles. The SMILES string of the molecule is CCNc1cccnc1N1CCN(C(=O)c2cc3cc(CC)ccc3[nH]2)CC1. The van der Waals surface area contributed by atoms with Crippen LogP contribution >= 0.6 is 0 Å². The predicted octanol–water partition coefficient (Wildman–Crippen LogP) is 3.52. The summed E-state index contributed by atoms with van der Waals surface area (Å²) in [5.74, 6) is 1.04. The Hall–Kier alpha value is -3.02. The first-order valence-corrected chi connectivity index (χ1v) is 10.0. The van der Waals surface area contributed by atoms with Crippen molar-refractivity contribution in [2.75, 3.05) is 42.9 Å². The zero-order valence-corrected chi connectivity index (χ0v) is 16.5. The van der Waals surface area contributed by atoms with Gasteiger partial charge in [0.2, 0.25) is 0 Å². The lowest BCUT2D eigenvalue weighted by Crippen LogP contribution is -2.49. The predicted molar refractivity (Wildman–Crippen MR) is 114 cm³/mol. The summed E-state index contributed by atoms with van der Waals surface area (Å²) in [6.45, 7) is 8.02. The van der Waals surface area contributed by atoms with Crippen molar-refractivity contribution in [2.45, 2.75) is 20.3 Å². The molecule has 0 bridgehead atoms. The Balaban J connectivity index is 1.46. The molecule has 4 rings (SSSR count). The van der Waals surface area contributed by atoms with Gasteiger partial charge in [-0.25, -0.2) is 4.98 Å². The van der Waals surface area contributed by atoms with E-state index in [-0.39, 0.29) is 5.91 Å². The van der Waals surface area contributed by atoms with Crippen LogP contribution in [0.2, 0.25) is 0 Å². The third-order valence-electron chi connectivity index (χ3n) is 5.34. The fraction of sp³-hybridized carbons (Fsp3) is 0.364. The van der Waals surface area contributed by atoms with Gasteiger partial charge in [0, 0.05) is 49.8 Å². The van der Waals surface area contributed by atoms with Crippen molar-refractivity contribution in [3.8, 4) is 0 Å². The molecule has 0 spiro atoms. The monoisotopic (exact) mass is 377 g/mol. The number of fused-ring (bicyclic) bond motifs is 1.